The van der Waals surface area contributed by atoms with E-state index in [1.165, 1.54) is 18.2 Å². The first-order valence-electron chi connectivity index (χ1n) is 7.43. The van der Waals surface area contributed by atoms with Crippen molar-refractivity contribution in [3.05, 3.63) is 35.1 Å². The normalized spacial score (nSPS) is 17.4. The number of carbonyl (C=O) groups is 2. The molecule has 0 heterocycles. The van der Waals surface area contributed by atoms with Gasteiger partial charge in [-0.25, -0.2) is 4.39 Å². The van der Waals surface area contributed by atoms with Gasteiger partial charge in [0.15, 0.2) is 5.78 Å². The number of ketones is 1. The largest absolute Gasteiger partial charge is 0.481 e. The van der Waals surface area contributed by atoms with Crippen molar-refractivity contribution in [3.8, 4) is 0 Å². The summed E-state index contributed by atoms with van der Waals surface area (Å²) in [5.41, 5.74) is 0.690. The van der Waals surface area contributed by atoms with Crippen LogP contribution in [0, 0.1) is 18.2 Å². The number of aryl methyl sites for hydroxylation is 1. The minimum Gasteiger partial charge on any atom is -0.481 e. The highest BCUT2D eigenvalue weighted by Crippen LogP contribution is 2.43. The summed E-state index contributed by atoms with van der Waals surface area (Å²) in [5.74, 6) is -1.28. The number of aliphatic carboxylic acids is 1. The molecule has 0 amide bonds. The third kappa shape index (κ3) is 3.90. The van der Waals surface area contributed by atoms with E-state index < -0.39 is 11.4 Å². The lowest BCUT2D eigenvalue weighted by Gasteiger charge is -2.35. The van der Waals surface area contributed by atoms with Crippen molar-refractivity contribution in [2.45, 2.75) is 51.9 Å². The van der Waals surface area contributed by atoms with E-state index >= 15 is 0 Å². The van der Waals surface area contributed by atoms with Gasteiger partial charge in [-0.3, -0.25) is 9.59 Å². The monoisotopic (exact) mass is 292 g/mol. The molecule has 0 aliphatic heterocycles. The smallest absolute Gasteiger partial charge is 0.303 e. The summed E-state index contributed by atoms with van der Waals surface area (Å²) in [4.78, 5) is 23.7. The van der Waals surface area contributed by atoms with Crippen LogP contribution in [0.3, 0.4) is 0 Å². The fourth-order valence-corrected chi connectivity index (χ4v) is 3.41. The van der Waals surface area contributed by atoms with Crippen LogP contribution in [0.5, 0.6) is 0 Å². The number of rotatable bonds is 5. The topological polar surface area (TPSA) is 54.4 Å². The molecular weight excluding hydrogens is 271 g/mol. The van der Waals surface area contributed by atoms with Crippen molar-refractivity contribution >= 4 is 11.8 Å². The zero-order chi connectivity index (χ0) is 15.5. The minimum atomic E-state index is -0.847. The van der Waals surface area contributed by atoms with E-state index in [-0.39, 0.29) is 24.4 Å². The second-order valence-electron chi connectivity index (χ2n) is 6.19. The predicted molar refractivity (Wildman–Crippen MR) is 77.9 cm³/mol. The first-order chi connectivity index (χ1) is 9.92. The van der Waals surface area contributed by atoms with Gasteiger partial charge in [0.05, 0.1) is 6.42 Å². The second-order valence-corrected chi connectivity index (χ2v) is 6.19. The maximum Gasteiger partial charge on any atom is 0.303 e. The van der Waals surface area contributed by atoms with Gasteiger partial charge in [-0.15, -0.1) is 0 Å². The van der Waals surface area contributed by atoms with Crippen LogP contribution < -0.4 is 0 Å². The molecule has 1 aliphatic rings. The molecule has 0 unspecified atom stereocenters. The van der Waals surface area contributed by atoms with E-state index in [1.807, 2.05) is 0 Å². The summed E-state index contributed by atoms with van der Waals surface area (Å²) >= 11 is 0. The maximum atomic E-state index is 13.1. The highest BCUT2D eigenvalue weighted by molar-refractivity contribution is 5.98. The standard InChI is InChI=1S/C17H21FO3/c1-12-9-13(18)5-6-14(12)15(19)10-17(11-16(20)21)7-3-2-4-8-17/h5-6,9H,2-4,7-8,10-11H2,1H3,(H,20,21). The number of Topliss-reactive ketones (excluding diaryl/α,β-unsaturated/α-hetero) is 1. The van der Waals surface area contributed by atoms with Crippen molar-refractivity contribution in [1.29, 1.82) is 0 Å². The molecule has 0 spiro atoms. The lowest BCUT2D eigenvalue weighted by molar-refractivity contribution is -0.140. The number of carboxylic acid groups (broad SMARTS) is 1. The Labute approximate surface area is 124 Å². The van der Waals surface area contributed by atoms with Crippen LogP contribution in [-0.2, 0) is 4.79 Å². The molecule has 114 valence electrons. The van der Waals surface area contributed by atoms with E-state index in [0.717, 1.165) is 32.1 Å². The molecular formula is C17H21FO3. The van der Waals surface area contributed by atoms with Gasteiger partial charge in [-0.1, -0.05) is 19.3 Å². The van der Waals surface area contributed by atoms with Crippen molar-refractivity contribution < 1.29 is 19.1 Å². The van der Waals surface area contributed by atoms with Crippen LogP contribution >= 0.6 is 0 Å². The van der Waals surface area contributed by atoms with Gasteiger partial charge < -0.3 is 5.11 Å². The Morgan fingerprint density at radius 2 is 1.86 bits per heavy atom. The molecule has 0 bridgehead atoms. The SMILES string of the molecule is Cc1cc(F)ccc1C(=O)CC1(CC(=O)O)CCCCC1. The van der Waals surface area contributed by atoms with E-state index in [4.69, 9.17) is 5.11 Å². The summed E-state index contributed by atoms with van der Waals surface area (Å²) < 4.78 is 13.1. The Kier molecular flexibility index (Phi) is 4.76. The molecule has 3 nitrogen and oxygen atoms in total. The third-order valence-electron chi connectivity index (χ3n) is 4.46. The van der Waals surface area contributed by atoms with Gasteiger partial charge in [-0.05, 0) is 48.9 Å². The Morgan fingerprint density at radius 3 is 2.43 bits per heavy atom. The minimum absolute atomic E-state index is 0.0407. The van der Waals surface area contributed by atoms with Crippen LogP contribution in [-0.4, -0.2) is 16.9 Å². The highest BCUT2D eigenvalue weighted by Gasteiger charge is 2.36. The van der Waals surface area contributed by atoms with Crippen molar-refractivity contribution in [2.24, 2.45) is 5.41 Å². The summed E-state index contributed by atoms with van der Waals surface area (Å²) in [6.45, 7) is 1.71. The van der Waals surface area contributed by atoms with Gasteiger partial charge in [0.2, 0.25) is 0 Å². The van der Waals surface area contributed by atoms with Crippen LogP contribution in [0.2, 0.25) is 0 Å². The Hall–Kier alpha value is -1.71. The second kappa shape index (κ2) is 6.37. The number of carbonyl (C=O) groups excluding carboxylic acids is 1. The van der Waals surface area contributed by atoms with Gasteiger partial charge in [0, 0.05) is 12.0 Å². The zero-order valence-electron chi connectivity index (χ0n) is 12.3. The van der Waals surface area contributed by atoms with Crippen molar-refractivity contribution in [2.75, 3.05) is 0 Å². The number of hydrogen-bond acceptors (Lipinski definition) is 2. The van der Waals surface area contributed by atoms with Crippen LogP contribution in [0.25, 0.3) is 0 Å². The van der Waals surface area contributed by atoms with Crippen LogP contribution in [0.15, 0.2) is 18.2 Å². The van der Waals surface area contributed by atoms with Gasteiger partial charge in [0.25, 0.3) is 0 Å². The van der Waals surface area contributed by atoms with Crippen LogP contribution in [0.4, 0.5) is 4.39 Å². The molecule has 1 aromatic carbocycles. The molecule has 1 saturated carbocycles. The summed E-state index contributed by atoms with van der Waals surface area (Å²) in [7, 11) is 0. The fourth-order valence-electron chi connectivity index (χ4n) is 3.41. The number of halogens is 1. The molecule has 4 heteroatoms. The molecule has 0 aromatic heterocycles. The first kappa shape index (κ1) is 15.7. The molecule has 1 fully saturated rings. The van der Waals surface area contributed by atoms with E-state index in [2.05, 4.69) is 0 Å². The number of hydrogen-bond donors (Lipinski definition) is 1. The molecule has 1 aromatic rings. The third-order valence-corrected chi connectivity index (χ3v) is 4.46. The summed E-state index contributed by atoms with van der Waals surface area (Å²) in [6, 6.07) is 4.13. The predicted octanol–water partition coefficient (Wildman–Crippen LogP) is 4.13. The summed E-state index contributed by atoms with van der Waals surface area (Å²) in [5, 5.41) is 9.14. The summed E-state index contributed by atoms with van der Waals surface area (Å²) in [6.07, 6.45) is 4.90. The first-order valence-corrected chi connectivity index (χ1v) is 7.43. The molecule has 1 N–H and O–H groups in total. The average Bonchev–Trinajstić information content (AvgIpc) is 2.38. The van der Waals surface area contributed by atoms with Gasteiger partial charge in [-0.2, -0.15) is 0 Å². The molecule has 0 radical (unpaired) electrons. The lowest BCUT2D eigenvalue weighted by Crippen LogP contribution is -2.30. The van der Waals surface area contributed by atoms with Crippen molar-refractivity contribution in [1.82, 2.24) is 0 Å². The maximum absolute atomic E-state index is 13.1. The van der Waals surface area contributed by atoms with E-state index in [0.29, 0.717) is 11.1 Å². The van der Waals surface area contributed by atoms with Crippen LogP contribution in [0.1, 0.15) is 60.9 Å². The molecule has 1 aliphatic carbocycles. The van der Waals surface area contributed by atoms with Gasteiger partial charge in [0.1, 0.15) is 5.82 Å². The molecule has 0 atom stereocenters. The quantitative estimate of drug-likeness (QED) is 0.830. The lowest BCUT2D eigenvalue weighted by atomic mass is 9.68. The van der Waals surface area contributed by atoms with E-state index in [1.54, 1.807) is 6.92 Å². The van der Waals surface area contributed by atoms with Gasteiger partial charge >= 0.3 is 5.97 Å². The van der Waals surface area contributed by atoms with E-state index in [9.17, 15) is 14.0 Å². The molecule has 0 saturated heterocycles. The number of benzene rings is 1. The Morgan fingerprint density at radius 1 is 1.19 bits per heavy atom. The molecule has 21 heavy (non-hydrogen) atoms. The molecule has 2 rings (SSSR count). The van der Waals surface area contributed by atoms with Crippen molar-refractivity contribution in [3.63, 3.8) is 0 Å². The highest BCUT2D eigenvalue weighted by atomic mass is 19.1. The Balaban J connectivity index is 2.19. The fraction of sp³-hybridized carbons (Fsp3) is 0.529. The average molecular weight is 292 g/mol. The zero-order valence-corrected chi connectivity index (χ0v) is 12.3. The number of carboxylic acids is 1. The Bertz CT molecular complexity index is 545.